The van der Waals surface area contributed by atoms with E-state index in [0.29, 0.717) is 5.92 Å². The zero-order valence-electron chi connectivity index (χ0n) is 9.20. The first-order valence-electron chi connectivity index (χ1n) is 5.55. The van der Waals surface area contributed by atoms with Gasteiger partial charge in [0.25, 0.3) is 0 Å². The summed E-state index contributed by atoms with van der Waals surface area (Å²) in [5, 5.41) is 1.27. The molecule has 0 spiro atoms. The second-order valence-corrected chi connectivity index (χ2v) is 4.16. The Hall–Kier alpha value is -1.96. The van der Waals surface area contributed by atoms with Crippen molar-refractivity contribution in [2.75, 3.05) is 0 Å². The molecule has 3 aromatic rings. The molecule has 0 aliphatic rings. The molecular weight excluding hydrogens is 196 g/mol. The number of hydrogen-bond donors (Lipinski definition) is 2. The Morgan fingerprint density at radius 3 is 2.62 bits per heavy atom. The van der Waals surface area contributed by atoms with Gasteiger partial charge in [-0.05, 0) is 29.7 Å². The van der Waals surface area contributed by atoms with Crippen molar-refractivity contribution in [1.82, 2.24) is 9.97 Å². The lowest BCUT2D eigenvalue weighted by Crippen LogP contribution is -1.95. The fraction of sp³-hybridized carbons (Fsp3) is 0.143. The van der Waals surface area contributed by atoms with Crippen LogP contribution < -0.4 is 0 Å². The molecule has 2 heteroatoms. The lowest BCUT2D eigenvalue weighted by atomic mass is 10.0. The first-order valence-corrected chi connectivity index (χ1v) is 5.55. The Bertz CT molecular complexity index is 557. The van der Waals surface area contributed by atoms with Crippen molar-refractivity contribution in [2.24, 2.45) is 0 Å². The van der Waals surface area contributed by atoms with Crippen molar-refractivity contribution >= 4 is 10.9 Å². The van der Waals surface area contributed by atoms with Crippen molar-refractivity contribution in [3.05, 3.63) is 60.0 Å². The number of aromatic amines is 2. The molecule has 1 unspecified atom stereocenters. The van der Waals surface area contributed by atoms with E-state index in [1.807, 2.05) is 12.3 Å². The Morgan fingerprint density at radius 2 is 1.88 bits per heavy atom. The monoisotopic (exact) mass is 210 g/mol. The van der Waals surface area contributed by atoms with Gasteiger partial charge in [-0.1, -0.05) is 25.1 Å². The summed E-state index contributed by atoms with van der Waals surface area (Å²) < 4.78 is 0. The van der Waals surface area contributed by atoms with Crippen LogP contribution in [0.3, 0.4) is 0 Å². The summed E-state index contributed by atoms with van der Waals surface area (Å²) in [6, 6.07) is 14.8. The van der Waals surface area contributed by atoms with Crippen molar-refractivity contribution in [3.8, 4) is 0 Å². The minimum Gasteiger partial charge on any atom is -0.364 e. The molecule has 1 aromatic carbocycles. The molecule has 0 amide bonds. The molecule has 0 radical (unpaired) electrons. The number of aromatic nitrogens is 2. The third-order valence-electron chi connectivity index (χ3n) is 3.11. The summed E-state index contributed by atoms with van der Waals surface area (Å²) in [4.78, 5) is 6.72. The maximum absolute atomic E-state index is 3.46. The number of rotatable bonds is 2. The van der Waals surface area contributed by atoms with Crippen molar-refractivity contribution < 1.29 is 0 Å². The molecule has 2 heterocycles. The van der Waals surface area contributed by atoms with Gasteiger partial charge in [-0.15, -0.1) is 0 Å². The molecule has 0 aliphatic carbocycles. The number of H-pyrrole nitrogens is 2. The van der Waals surface area contributed by atoms with Gasteiger partial charge < -0.3 is 9.97 Å². The Balaban J connectivity index is 2.06. The smallest absolute Gasteiger partial charge is 0.0456 e. The van der Waals surface area contributed by atoms with Crippen LogP contribution in [-0.2, 0) is 0 Å². The average Bonchev–Trinajstić information content (AvgIpc) is 2.97. The quantitative estimate of drug-likeness (QED) is 0.647. The van der Waals surface area contributed by atoms with Gasteiger partial charge in [-0.3, -0.25) is 0 Å². The van der Waals surface area contributed by atoms with Gasteiger partial charge in [0, 0.05) is 29.0 Å². The predicted molar refractivity (Wildman–Crippen MR) is 66.6 cm³/mol. The Morgan fingerprint density at radius 1 is 1.00 bits per heavy atom. The van der Waals surface area contributed by atoms with E-state index in [1.54, 1.807) is 0 Å². The van der Waals surface area contributed by atoms with E-state index >= 15 is 0 Å². The first kappa shape index (κ1) is 9.28. The summed E-state index contributed by atoms with van der Waals surface area (Å²) >= 11 is 0. The van der Waals surface area contributed by atoms with Crippen LogP contribution in [0.5, 0.6) is 0 Å². The van der Waals surface area contributed by atoms with Crippen LogP contribution >= 0.6 is 0 Å². The van der Waals surface area contributed by atoms with E-state index in [0.717, 1.165) is 0 Å². The highest BCUT2D eigenvalue weighted by Gasteiger charge is 2.11. The van der Waals surface area contributed by atoms with Crippen LogP contribution in [0, 0.1) is 0 Å². The predicted octanol–water partition coefficient (Wildman–Crippen LogP) is 3.65. The average molecular weight is 210 g/mol. The molecule has 2 N–H and O–H groups in total. The maximum atomic E-state index is 3.46. The molecule has 0 fully saturated rings. The van der Waals surface area contributed by atoms with Gasteiger partial charge in [0.05, 0.1) is 0 Å². The molecule has 0 saturated heterocycles. The molecular formula is C14H14N2. The number of para-hydroxylation sites is 1. The summed E-state index contributed by atoms with van der Waals surface area (Å²) in [6.07, 6.45) is 1.97. The van der Waals surface area contributed by atoms with Gasteiger partial charge in [0.1, 0.15) is 0 Å². The molecule has 80 valence electrons. The van der Waals surface area contributed by atoms with E-state index in [-0.39, 0.29) is 0 Å². The van der Waals surface area contributed by atoms with Gasteiger partial charge in [-0.25, -0.2) is 0 Å². The van der Waals surface area contributed by atoms with Crippen LogP contribution in [0.15, 0.2) is 48.7 Å². The fourth-order valence-corrected chi connectivity index (χ4v) is 2.11. The number of hydrogen-bond acceptors (Lipinski definition) is 0. The third kappa shape index (κ3) is 1.43. The van der Waals surface area contributed by atoms with Gasteiger partial charge in [0.2, 0.25) is 0 Å². The van der Waals surface area contributed by atoms with Gasteiger partial charge in [-0.2, -0.15) is 0 Å². The lowest BCUT2D eigenvalue weighted by Gasteiger charge is -2.06. The second-order valence-electron chi connectivity index (χ2n) is 4.16. The Kier molecular flexibility index (Phi) is 2.07. The van der Waals surface area contributed by atoms with Crippen LogP contribution in [0.1, 0.15) is 24.2 Å². The van der Waals surface area contributed by atoms with E-state index in [1.165, 1.54) is 22.3 Å². The standard InChI is InChI=1S/C14H14N2/c1-10(12-7-4-8-15-12)14-9-11-5-2-3-6-13(11)16-14/h2-10,15-16H,1H3. The maximum Gasteiger partial charge on any atom is 0.0456 e. The van der Waals surface area contributed by atoms with E-state index in [4.69, 9.17) is 0 Å². The molecule has 3 rings (SSSR count). The van der Waals surface area contributed by atoms with Crippen molar-refractivity contribution in [1.29, 1.82) is 0 Å². The first-order chi connectivity index (χ1) is 7.84. The zero-order chi connectivity index (χ0) is 11.0. The highest BCUT2D eigenvalue weighted by atomic mass is 14.8. The highest BCUT2D eigenvalue weighted by molar-refractivity contribution is 5.80. The van der Waals surface area contributed by atoms with Crippen LogP contribution in [0.2, 0.25) is 0 Å². The lowest BCUT2D eigenvalue weighted by molar-refractivity contribution is 0.855. The molecule has 1 atom stereocenters. The van der Waals surface area contributed by atoms with Crippen molar-refractivity contribution in [2.45, 2.75) is 12.8 Å². The topological polar surface area (TPSA) is 31.6 Å². The number of fused-ring (bicyclic) bond motifs is 1. The molecule has 16 heavy (non-hydrogen) atoms. The largest absolute Gasteiger partial charge is 0.364 e. The highest BCUT2D eigenvalue weighted by Crippen LogP contribution is 2.25. The summed E-state index contributed by atoms with van der Waals surface area (Å²) in [7, 11) is 0. The molecule has 2 nitrogen and oxygen atoms in total. The minimum absolute atomic E-state index is 0.377. The fourth-order valence-electron chi connectivity index (χ4n) is 2.11. The zero-order valence-corrected chi connectivity index (χ0v) is 9.20. The van der Waals surface area contributed by atoms with Crippen LogP contribution in [0.25, 0.3) is 10.9 Å². The van der Waals surface area contributed by atoms with E-state index in [2.05, 4.69) is 53.3 Å². The van der Waals surface area contributed by atoms with Gasteiger partial charge in [0.15, 0.2) is 0 Å². The summed E-state index contributed by atoms with van der Waals surface area (Å²) in [5.41, 5.74) is 3.70. The molecule has 0 bridgehead atoms. The Labute approximate surface area is 94.3 Å². The number of benzene rings is 1. The van der Waals surface area contributed by atoms with Crippen LogP contribution in [0.4, 0.5) is 0 Å². The molecule has 0 aliphatic heterocycles. The SMILES string of the molecule is CC(c1ccc[nH]1)c1cc2ccccc2[nH]1. The van der Waals surface area contributed by atoms with Crippen LogP contribution in [-0.4, -0.2) is 9.97 Å². The van der Waals surface area contributed by atoms with E-state index < -0.39 is 0 Å². The van der Waals surface area contributed by atoms with E-state index in [9.17, 15) is 0 Å². The second kappa shape index (κ2) is 3.56. The summed E-state index contributed by atoms with van der Waals surface area (Å²) in [6.45, 7) is 2.20. The normalized spacial score (nSPS) is 13.1. The van der Waals surface area contributed by atoms with Gasteiger partial charge >= 0.3 is 0 Å². The summed E-state index contributed by atoms with van der Waals surface area (Å²) in [5.74, 6) is 0.377. The molecule has 2 aromatic heterocycles. The number of nitrogens with one attached hydrogen (secondary N) is 2. The minimum atomic E-state index is 0.377. The third-order valence-corrected chi connectivity index (χ3v) is 3.11. The van der Waals surface area contributed by atoms with Crippen molar-refractivity contribution in [3.63, 3.8) is 0 Å². The molecule has 0 saturated carbocycles.